The summed E-state index contributed by atoms with van der Waals surface area (Å²) in [6, 6.07) is 11.6. The number of benzene rings is 2. The fourth-order valence-corrected chi connectivity index (χ4v) is 5.12. The third-order valence-electron chi connectivity index (χ3n) is 4.72. The number of nitrogens with zero attached hydrogens (tertiary/aromatic N) is 1. The maximum absolute atomic E-state index is 12.6. The molecule has 2 amide bonds. The van der Waals surface area contributed by atoms with E-state index < -0.39 is 15.7 Å². The van der Waals surface area contributed by atoms with Crippen molar-refractivity contribution in [3.8, 4) is 22.8 Å². The molecule has 0 unspecified atom stereocenters. The van der Waals surface area contributed by atoms with Crippen molar-refractivity contribution in [1.29, 1.82) is 0 Å². The van der Waals surface area contributed by atoms with Crippen molar-refractivity contribution < 1.29 is 27.5 Å². The molecule has 0 saturated heterocycles. The summed E-state index contributed by atoms with van der Waals surface area (Å²) in [4.78, 5) is 27.9. The fraction of sp³-hybridized carbons (Fsp3) is 0.227. The SMILES string of the molecule is CC(=O)Nc1ccc(-c2csc(NC(=O)CCS(=O)(=O)c3ccc4c(c3)OCCO4)n2)cc1. The van der Waals surface area contributed by atoms with E-state index in [1.807, 2.05) is 12.1 Å². The van der Waals surface area contributed by atoms with Crippen LogP contribution in [-0.2, 0) is 19.4 Å². The van der Waals surface area contributed by atoms with Crippen LogP contribution in [0.5, 0.6) is 11.5 Å². The molecule has 0 atom stereocenters. The number of carbonyl (C=O) groups excluding carboxylic acids is 2. The Labute approximate surface area is 194 Å². The van der Waals surface area contributed by atoms with Crippen LogP contribution in [-0.4, -0.2) is 44.2 Å². The monoisotopic (exact) mass is 487 g/mol. The Kier molecular flexibility index (Phi) is 6.61. The summed E-state index contributed by atoms with van der Waals surface area (Å²) in [6.07, 6.45) is -0.211. The Bertz CT molecular complexity index is 1290. The molecule has 1 aromatic heterocycles. The molecule has 0 aliphatic carbocycles. The van der Waals surface area contributed by atoms with Gasteiger partial charge in [-0.25, -0.2) is 13.4 Å². The number of anilines is 2. The van der Waals surface area contributed by atoms with Crippen molar-refractivity contribution in [2.24, 2.45) is 0 Å². The average molecular weight is 488 g/mol. The Morgan fingerprint density at radius 3 is 2.48 bits per heavy atom. The number of thiazole rings is 1. The van der Waals surface area contributed by atoms with Gasteiger partial charge in [0.15, 0.2) is 26.5 Å². The van der Waals surface area contributed by atoms with Crippen LogP contribution in [0.1, 0.15) is 13.3 Å². The van der Waals surface area contributed by atoms with Crippen LogP contribution in [0.4, 0.5) is 10.8 Å². The second kappa shape index (κ2) is 9.59. The first-order valence-electron chi connectivity index (χ1n) is 10.1. The van der Waals surface area contributed by atoms with E-state index in [0.29, 0.717) is 41.2 Å². The highest BCUT2D eigenvalue weighted by atomic mass is 32.2. The second-order valence-corrected chi connectivity index (χ2v) is 10.2. The van der Waals surface area contributed by atoms with E-state index in [0.717, 1.165) is 5.56 Å². The van der Waals surface area contributed by atoms with Crippen LogP contribution in [0.15, 0.2) is 52.7 Å². The van der Waals surface area contributed by atoms with Gasteiger partial charge in [-0.2, -0.15) is 0 Å². The molecule has 11 heteroatoms. The molecule has 0 saturated carbocycles. The van der Waals surface area contributed by atoms with E-state index in [9.17, 15) is 18.0 Å². The number of fused-ring (bicyclic) bond motifs is 1. The van der Waals surface area contributed by atoms with Crippen LogP contribution >= 0.6 is 11.3 Å². The summed E-state index contributed by atoms with van der Waals surface area (Å²) in [5.74, 6) is -0.0636. The lowest BCUT2D eigenvalue weighted by Gasteiger charge is -2.18. The van der Waals surface area contributed by atoms with Gasteiger partial charge in [0, 0.05) is 36.0 Å². The average Bonchev–Trinajstić information content (AvgIpc) is 3.26. The van der Waals surface area contributed by atoms with E-state index in [4.69, 9.17) is 9.47 Å². The minimum atomic E-state index is -3.68. The minimum absolute atomic E-state index is 0.0822. The van der Waals surface area contributed by atoms with Gasteiger partial charge in [0.25, 0.3) is 0 Å². The standard InChI is InChI=1S/C22H21N3O6S2/c1-14(26)23-16-4-2-15(3-5-16)18-13-32-22(24-18)25-21(27)8-11-33(28,29)17-6-7-19-20(12-17)31-10-9-30-19/h2-7,12-13H,8-11H2,1H3,(H,23,26)(H,24,25,27). The molecule has 0 spiro atoms. The summed E-state index contributed by atoms with van der Waals surface area (Å²) in [6.45, 7) is 2.21. The molecule has 33 heavy (non-hydrogen) atoms. The molecular weight excluding hydrogens is 466 g/mol. The van der Waals surface area contributed by atoms with Gasteiger partial charge >= 0.3 is 0 Å². The second-order valence-electron chi connectivity index (χ2n) is 7.22. The van der Waals surface area contributed by atoms with Crippen LogP contribution in [0.25, 0.3) is 11.3 Å². The van der Waals surface area contributed by atoms with Gasteiger partial charge in [-0.15, -0.1) is 11.3 Å². The molecule has 4 rings (SSSR count). The van der Waals surface area contributed by atoms with E-state index in [-0.39, 0.29) is 23.0 Å². The summed E-state index contributed by atoms with van der Waals surface area (Å²) >= 11 is 1.24. The van der Waals surface area contributed by atoms with Gasteiger partial charge in [-0.1, -0.05) is 12.1 Å². The molecular formula is C22H21N3O6S2. The van der Waals surface area contributed by atoms with E-state index >= 15 is 0 Å². The summed E-state index contributed by atoms with van der Waals surface area (Å²) in [5, 5.41) is 7.50. The molecule has 0 radical (unpaired) electrons. The van der Waals surface area contributed by atoms with E-state index in [1.54, 1.807) is 23.6 Å². The zero-order valence-corrected chi connectivity index (χ0v) is 19.3. The number of carbonyl (C=O) groups is 2. The Hall–Kier alpha value is -3.44. The number of ether oxygens (including phenoxy) is 2. The first-order valence-corrected chi connectivity index (χ1v) is 12.6. The molecule has 1 aliphatic heterocycles. The zero-order valence-electron chi connectivity index (χ0n) is 17.7. The number of nitrogens with one attached hydrogen (secondary N) is 2. The van der Waals surface area contributed by atoms with Gasteiger partial charge in [0.2, 0.25) is 11.8 Å². The smallest absolute Gasteiger partial charge is 0.227 e. The Morgan fingerprint density at radius 2 is 1.76 bits per heavy atom. The lowest BCUT2D eigenvalue weighted by atomic mass is 10.1. The predicted molar refractivity (Wildman–Crippen MR) is 125 cm³/mol. The van der Waals surface area contributed by atoms with Gasteiger partial charge in [0.1, 0.15) is 13.2 Å². The first kappa shape index (κ1) is 22.7. The molecule has 2 N–H and O–H groups in total. The number of aromatic nitrogens is 1. The van der Waals surface area contributed by atoms with E-state index in [2.05, 4.69) is 15.6 Å². The predicted octanol–water partition coefficient (Wildman–Crippen LogP) is 3.34. The van der Waals surface area contributed by atoms with E-state index in [1.165, 1.54) is 30.4 Å². The van der Waals surface area contributed by atoms with Gasteiger partial charge in [-0.3, -0.25) is 9.59 Å². The topological polar surface area (TPSA) is 124 Å². The normalized spacial score (nSPS) is 12.8. The fourth-order valence-electron chi connectivity index (χ4n) is 3.14. The molecule has 1 aliphatic rings. The molecule has 172 valence electrons. The van der Waals surface area contributed by atoms with Gasteiger partial charge in [0.05, 0.1) is 16.3 Å². The lowest BCUT2D eigenvalue weighted by Crippen LogP contribution is -2.18. The molecule has 3 aromatic rings. The van der Waals surface area contributed by atoms with Crippen molar-refractivity contribution in [2.45, 2.75) is 18.2 Å². The van der Waals surface area contributed by atoms with Crippen molar-refractivity contribution >= 4 is 43.8 Å². The number of rotatable bonds is 7. The molecule has 2 heterocycles. The van der Waals surface area contributed by atoms with Crippen molar-refractivity contribution in [3.05, 3.63) is 47.8 Å². The number of hydrogen-bond acceptors (Lipinski definition) is 8. The third kappa shape index (κ3) is 5.68. The molecule has 0 fully saturated rings. The number of hydrogen-bond donors (Lipinski definition) is 2. The maximum Gasteiger partial charge on any atom is 0.227 e. The van der Waals surface area contributed by atoms with Crippen molar-refractivity contribution in [3.63, 3.8) is 0 Å². The largest absolute Gasteiger partial charge is 0.486 e. The lowest BCUT2D eigenvalue weighted by molar-refractivity contribution is -0.116. The molecule has 2 aromatic carbocycles. The highest BCUT2D eigenvalue weighted by Gasteiger charge is 2.21. The van der Waals surface area contributed by atoms with Gasteiger partial charge in [-0.05, 0) is 24.3 Å². The van der Waals surface area contributed by atoms with Crippen molar-refractivity contribution in [1.82, 2.24) is 4.98 Å². The zero-order chi connectivity index (χ0) is 23.4. The first-order chi connectivity index (χ1) is 15.8. The summed E-state index contributed by atoms with van der Waals surface area (Å²) in [7, 11) is -3.68. The van der Waals surface area contributed by atoms with Crippen LogP contribution in [0.3, 0.4) is 0 Å². The minimum Gasteiger partial charge on any atom is -0.486 e. The Morgan fingerprint density at radius 1 is 1.03 bits per heavy atom. The highest BCUT2D eigenvalue weighted by Crippen LogP contribution is 2.32. The summed E-state index contributed by atoms with van der Waals surface area (Å²) < 4.78 is 36.1. The van der Waals surface area contributed by atoms with Crippen LogP contribution < -0.4 is 20.1 Å². The van der Waals surface area contributed by atoms with Gasteiger partial charge < -0.3 is 20.1 Å². The molecule has 0 bridgehead atoms. The third-order valence-corrected chi connectivity index (χ3v) is 7.19. The van der Waals surface area contributed by atoms with Crippen LogP contribution in [0.2, 0.25) is 0 Å². The van der Waals surface area contributed by atoms with Crippen LogP contribution in [0, 0.1) is 0 Å². The highest BCUT2D eigenvalue weighted by molar-refractivity contribution is 7.91. The van der Waals surface area contributed by atoms with Crippen molar-refractivity contribution in [2.75, 3.05) is 29.6 Å². The quantitative estimate of drug-likeness (QED) is 0.524. The number of sulfone groups is 1. The number of amides is 2. The summed E-state index contributed by atoms with van der Waals surface area (Å²) in [5.41, 5.74) is 2.16. The maximum atomic E-state index is 12.6. The Balaban J connectivity index is 1.35. The molecule has 9 nitrogen and oxygen atoms in total.